The van der Waals surface area contributed by atoms with Crippen molar-refractivity contribution in [3.8, 4) is 11.4 Å². The summed E-state index contributed by atoms with van der Waals surface area (Å²) in [7, 11) is 0. The van der Waals surface area contributed by atoms with Crippen molar-refractivity contribution in [3.63, 3.8) is 0 Å². The zero-order chi connectivity index (χ0) is 32.3. The van der Waals surface area contributed by atoms with Crippen LogP contribution in [0.3, 0.4) is 0 Å². The van der Waals surface area contributed by atoms with Crippen LogP contribution in [-0.2, 0) is 13.1 Å². The van der Waals surface area contributed by atoms with Crippen LogP contribution in [0.15, 0.2) is 88.1 Å². The van der Waals surface area contributed by atoms with Crippen molar-refractivity contribution in [1.29, 1.82) is 0 Å². The van der Waals surface area contributed by atoms with Crippen LogP contribution in [0.25, 0.3) is 5.69 Å². The van der Waals surface area contributed by atoms with Crippen molar-refractivity contribution in [2.45, 2.75) is 51.5 Å². The standard InChI is InChI=1S/C34H34N6O6/c1-21(41)22-7-10-25(11-8-22)39-31(42)38-15-13-27-30(40(38)32(39)43)26-12-9-23(18-29(26)46-34(27,2)3)28-20-36(16-17-37(28)33(44)45)19-24-6-4-5-14-35-24/h4-14,18,28,30H,15-17,19-20H2,1-3H3,(H,44,45). The first kappa shape index (κ1) is 29.5. The van der Waals surface area contributed by atoms with Gasteiger partial charge in [-0.3, -0.25) is 19.6 Å². The number of ketones is 1. The largest absolute Gasteiger partial charge is 0.483 e. The Hall–Kier alpha value is -5.23. The van der Waals surface area contributed by atoms with Gasteiger partial charge in [0.15, 0.2) is 5.78 Å². The molecule has 1 saturated heterocycles. The van der Waals surface area contributed by atoms with Gasteiger partial charge in [0.05, 0.1) is 24.0 Å². The average molecular weight is 623 g/mol. The van der Waals surface area contributed by atoms with Crippen LogP contribution in [0, 0.1) is 0 Å². The monoisotopic (exact) mass is 622 g/mol. The van der Waals surface area contributed by atoms with E-state index in [-0.39, 0.29) is 12.3 Å². The Morgan fingerprint density at radius 1 is 1.02 bits per heavy atom. The van der Waals surface area contributed by atoms with Crippen LogP contribution >= 0.6 is 0 Å². The lowest BCUT2D eigenvalue weighted by atomic mass is 9.82. The van der Waals surface area contributed by atoms with Crippen molar-refractivity contribution < 1.29 is 19.4 Å². The van der Waals surface area contributed by atoms with E-state index < -0.39 is 35.2 Å². The zero-order valence-electron chi connectivity index (χ0n) is 25.8. The fraction of sp³-hybridized carbons (Fsp3) is 0.324. The summed E-state index contributed by atoms with van der Waals surface area (Å²) in [6.45, 7) is 7.51. The molecule has 12 heteroatoms. The van der Waals surface area contributed by atoms with E-state index >= 15 is 0 Å². The van der Waals surface area contributed by atoms with E-state index in [0.717, 1.165) is 21.4 Å². The molecular formula is C34H34N6O6. The number of allylic oxidation sites excluding steroid dienone is 1. The Morgan fingerprint density at radius 2 is 1.80 bits per heavy atom. The molecular weight excluding hydrogens is 588 g/mol. The Labute approximate surface area is 264 Å². The highest BCUT2D eigenvalue weighted by Crippen LogP contribution is 2.47. The molecule has 3 aliphatic heterocycles. The molecule has 2 unspecified atom stereocenters. The van der Waals surface area contributed by atoms with Gasteiger partial charge in [0, 0.05) is 43.5 Å². The van der Waals surface area contributed by atoms with E-state index in [4.69, 9.17) is 4.74 Å². The Balaban J connectivity index is 1.28. The average Bonchev–Trinajstić information content (AvgIpc) is 3.30. The van der Waals surface area contributed by atoms with Crippen LogP contribution in [0.2, 0.25) is 0 Å². The summed E-state index contributed by atoms with van der Waals surface area (Å²) in [5, 5.41) is 10.1. The smallest absolute Gasteiger partial charge is 0.407 e. The Morgan fingerprint density at radius 3 is 2.50 bits per heavy atom. The van der Waals surface area contributed by atoms with E-state index in [1.165, 1.54) is 21.2 Å². The van der Waals surface area contributed by atoms with Gasteiger partial charge in [0.1, 0.15) is 17.4 Å². The molecule has 1 fully saturated rings. The molecule has 4 aromatic rings. The first-order chi connectivity index (χ1) is 22.0. The molecule has 12 nitrogen and oxygen atoms in total. The number of ether oxygens (including phenoxy) is 1. The molecule has 2 aromatic carbocycles. The second-order valence-corrected chi connectivity index (χ2v) is 12.4. The van der Waals surface area contributed by atoms with Gasteiger partial charge >= 0.3 is 17.5 Å². The summed E-state index contributed by atoms with van der Waals surface area (Å²) in [6.07, 6.45) is 2.70. The maximum atomic E-state index is 14.0. The van der Waals surface area contributed by atoms with Gasteiger partial charge in [-0.25, -0.2) is 28.3 Å². The highest BCUT2D eigenvalue weighted by molar-refractivity contribution is 5.94. The highest BCUT2D eigenvalue weighted by atomic mass is 16.5. The molecule has 0 bridgehead atoms. The third kappa shape index (κ3) is 4.85. The highest BCUT2D eigenvalue weighted by Gasteiger charge is 2.44. The molecule has 1 N–H and O–H groups in total. The second-order valence-electron chi connectivity index (χ2n) is 12.4. The number of hydrogen-bond acceptors (Lipinski definition) is 7. The quantitative estimate of drug-likeness (QED) is 0.264. The maximum Gasteiger partial charge on any atom is 0.407 e. The fourth-order valence-electron chi connectivity index (χ4n) is 6.90. The van der Waals surface area contributed by atoms with Crippen LogP contribution < -0.4 is 16.1 Å². The summed E-state index contributed by atoms with van der Waals surface area (Å²) < 4.78 is 10.6. The topological polar surface area (TPSA) is 132 Å². The number of aromatic nitrogens is 4. The second kappa shape index (κ2) is 11.0. The molecule has 236 valence electrons. The first-order valence-electron chi connectivity index (χ1n) is 15.2. The fourth-order valence-corrected chi connectivity index (χ4v) is 6.90. The number of hydrogen-bond donors (Lipinski definition) is 1. The summed E-state index contributed by atoms with van der Waals surface area (Å²) in [6, 6.07) is 16.8. The number of amides is 1. The van der Waals surface area contributed by atoms with Gasteiger partial charge < -0.3 is 9.84 Å². The molecule has 2 atom stereocenters. The van der Waals surface area contributed by atoms with Gasteiger partial charge in [-0.15, -0.1) is 0 Å². The molecule has 5 heterocycles. The zero-order valence-corrected chi connectivity index (χ0v) is 25.8. The van der Waals surface area contributed by atoms with E-state index in [1.54, 1.807) is 30.5 Å². The maximum absolute atomic E-state index is 14.0. The number of piperazine rings is 1. The van der Waals surface area contributed by atoms with E-state index in [1.807, 2.05) is 56.3 Å². The lowest BCUT2D eigenvalue weighted by molar-refractivity contribution is 0.0629. The van der Waals surface area contributed by atoms with Crippen LogP contribution in [0.4, 0.5) is 4.79 Å². The minimum absolute atomic E-state index is 0.110. The molecule has 46 heavy (non-hydrogen) atoms. The molecule has 7 rings (SSSR count). The third-order valence-corrected chi connectivity index (χ3v) is 9.21. The molecule has 0 spiro atoms. The number of benzene rings is 2. The lowest BCUT2D eigenvalue weighted by Crippen LogP contribution is -2.50. The minimum atomic E-state index is -0.993. The van der Waals surface area contributed by atoms with E-state index in [0.29, 0.717) is 48.7 Å². The summed E-state index contributed by atoms with van der Waals surface area (Å²) in [5.74, 6) is 0.421. The lowest BCUT2D eigenvalue weighted by Gasteiger charge is -2.43. The number of rotatable bonds is 5. The molecule has 3 aliphatic rings. The van der Waals surface area contributed by atoms with Gasteiger partial charge in [-0.05, 0) is 74.4 Å². The normalized spacial score (nSPS) is 20.2. The number of carboxylic acid groups (broad SMARTS) is 1. The van der Waals surface area contributed by atoms with Crippen molar-refractivity contribution >= 4 is 11.9 Å². The third-order valence-electron chi connectivity index (χ3n) is 9.21. The molecule has 2 aromatic heterocycles. The van der Waals surface area contributed by atoms with Gasteiger partial charge in [0.25, 0.3) is 0 Å². The van der Waals surface area contributed by atoms with Gasteiger partial charge in [-0.2, -0.15) is 0 Å². The number of fused-ring (bicyclic) bond motifs is 5. The van der Waals surface area contributed by atoms with Gasteiger partial charge in [0.2, 0.25) is 0 Å². The van der Waals surface area contributed by atoms with E-state index in [2.05, 4.69) is 9.88 Å². The first-order valence-corrected chi connectivity index (χ1v) is 15.2. The van der Waals surface area contributed by atoms with Crippen molar-refractivity contribution in [1.82, 2.24) is 28.7 Å². The minimum Gasteiger partial charge on any atom is -0.483 e. The molecule has 0 radical (unpaired) electrons. The number of Topliss-reactive ketones (excluding diaryl/α,β-unsaturated/α-hetero) is 1. The van der Waals surface area contributed by atoms with Crippen molar-refractivity contribution in [2.75, 3.05) is 19.6 Å². The molecule has 1 amide bonds. The predicted octanol–water partition coefficient (Wildman–Crippen LogP) is 3.64. The summed E-state index contributed by atoms with van der Waals surface area (Å²) in [4.78, 5) is 59.9. The molecule has 0 aliphatic carbocycles. The summed E-state index contributed by atoms with van der Waals surface area (Å²) >= 11 is 0. The van der Waals surface area contributed by atoms with Crippen LogP contribution in [0.5, 0.6) is 5.75 Å². The van der Waals surface area contributed by atoms with E-state index in [9.17, 15) is 24.3 Å². The van der Waals surface area contributed by atoms with Gasteiger partial charge in [-0.1, -0.05) is 24.3 Å². The van der Waals surface area contributed by atoms with Crippen molar-refractivity contribution in [2.24, 2.45) is 0 Å². The Bertz CT molecular complexity index is 2010. The van der Waals surface area contributed by atoms with Crippen LogP contribution in [-0.4, -0.2) is 70.9 Å². The SMILES string of the molecule is CC(=O)c1ccc(-n2c(=O)n3n(c2=O)C2C(=CC3)C(C)(C)Oc3cc(C4CN(Cc5ccccn5)CCN4C(=O)O)ccc32)cc1. The van der Waals surface area contributed by atoms with Crippen LogP contribution in [0.1, 0.15) is 60.0 Å². The number of pyridine rings is 1. The number of carbonyl (C=O) groups excluding carboxylic acids is 1. The number of carbonyl (C=O) groups is 2. The number of nitrogens with zero attached hydrogens (tertiary/aromatic N) is 6. The molecule has 0 saturated carbocycles. The summed E-state index contributed by atoms with van der Waals surface area (Å²) in [5.41, 5.74) is 2.31. The Kier molecular flexibility index (Phi) is 7.04. The predicted molar refractivity (Wildman–Crippen MR) is 169 cm³/mol. The van der Waals surface area contributed by atoms with Crippen molar-refractivity contribution in [3.05, 3.63) is 122 Å².